The number of hydrogen-bond acceptors (Lipinski definition) is 15. The number of rotatable bonds is 12. The van der Waals surface area contributed by atoms with E-state index in [0.29, 0.717) is 23.1 Å². The average Bonchev–Trinajstić information content (AvgIpc) is 3.63. The summed E-state index contributed by atoms with van der Waals surface area (Å²) in [4.78, 5) is 92.2. The molecule has 7 heterocycles. The first kappa shape index (κ1) is 40.5. The number of nitrogens with zero attached hydrogens (tertiary/aromatic N) is 4. The largest absolute Gasteiger partial charge is 0.504 e. The smallest absolute Gasteiger partial charge is 0.352 e. The topological polar surface area (TPSA) is 276 Å². The molecule has 21 heteroatoms. The van der Waals surface area contributed by atoms with Gasteiger partial charge in [0.1, 0.15) is 34.9 Å². The first-order chi connectivity index (χ1) is 27.4. The van der Waals surface area contributed by atoms with Crippen LogP contribution in [0.2, 0.25) is 0 Å². The number of thiazole rings is 1. The molecular weight excluding hydrogens is 797 g/mol. The number of nitrogen functional groups attached to an aromatic ring is 1. The maximum absolute atomic E-state index is 13.7. The van der Waals surface area contributed by atoms with Gasteiger partial charge in [0.25, 0.3) is 17.7 Å². The number of carbonyl (C=O) groups is 5. The second-order valence-electron chi connectivity index (χ2n) is 15.6. The summed E-state index contributed by atoms with van der Waals surface area (Å²) in [5.41, 5.74) is 3.85. The number of methoxy groups -OCH3 is 1. The van der Waals surface area contributed by atoms with Gasteiger partial charge in [-0.15, -0.1) is 23.1 Å². The number of esters is 1. The number of hydrogen-bond donors (Lipinski definition) is 7. The number of carbonyl (C=O) groups excluding carboxylic acids is 4. The second kappa shape index (κ2) is 14.9. The van der Waals surface area contributed by atoms with E-state index < -0.39 is 63.6 Å². The Morgan fingerprint density at radius 3 is 2.43 bits per heavy atom. The van der Waals surface area contributed by atoms with Crippen molar-refractivity contribution in [2.75, 3.05) is 45.6 Å². The third-order valence-corrected chi connectivity index (χ3v) is 13.8. The molecule has 5 aliphatic rings. The third kappa shape index (κ3) is 7.21. The fourth-order valence-corrected chi connectivity index (χ4v) is 10.1. The number of piperidine rings is 3. The van der Waals surface area contributed by atoms with Crippen LogP contribution < -0.4 is 21.8 Å². The number of nitrogens with one attached hydrogen (secondary N) is 3. The number of carboxylic acid groups (broad SMARTS) is 1. The normalized spacial score (nSPS) is 25.5. The number of aliphatic carboxylic acids is 1. The highest BCUT2D eigenvalue weighted by molar-refractivity contribution is 8.00. The summed E-state index contributed by atoms with van der Waals surface area (Å²) in [6, 6.07) is 1.24. The number of β-lactam (4-membered cyclic amide) rings is 1. The van der Waals surface area contributed by atoms with Gasteiger partial charge in [0.05, 0.1) is 37.6 Å². The van der Waals surface area contributed by atoms with Crippen molar-refractivity contribution in [1.29, 1.82) is 0 Å². The minimum atomic E-state index is -1.57. The Labute approximate surface area is 338 Å². The Kier molecular flexibility index (Phi) is 10.4. The quantitative estimate of drug-likeness (QED) is 0.0338. The number of oxime groups is 1. The lowest BCUT2D eigenvalue weighted by molar-refractivity contribution is -0.941. The molecule has 0 saturated carbocycles. The van der Waals surface area contributed by atoms with Crippen molar-refractivity contribution in [3.8, 4) is 11.5 Å². The molecule has 2 aromatic heterocycles. The molecule has 308 valence electrons. The molecule has 0 aliphatic carbocycles. The summed E-state index contributed by atoms with van der Waals surface area (Å²) in [6.45, 7) is 7.60. The molecule has 3 unspecified atom stereocenters. The summed E-state index contributed by atoms with van der Waals surface area (Å²) in [6.07, 6.45) is 3.54. The minimum Gasteiger partial charge on any atom is -0.504 e. The lowest BCUT2D eigenvalue weighted by Gasteiger charge is -2.56. The number of aromatic hydroxyl groups is 2. The molecule has 2 bridgehead atoms. The summed E-state index contributed by atoms with van der Waals surface area (Å²) in [5, 5.41) is 40.3. The van der Waals surface area contributed by atoms with E-state index in [0.717, 1.165) is 56.3 Å². The molecule has 3 atom stereocenters. The molecule has 8 N–H and O–H groups in total. The minimum absolute atomic E-state index is 0.0513. The van der Waals surface area contributed by atoms with Crippen LogP contribution in [-0.4, -0.2) is 132 Å². The molecule has 3 aromatic rings. The summed E-state index contributed by atoms with van der Waals surface area (Å²) >= 11 is 2.41. The van der Waals surface area contributed by atoms with Crippen LogP contribution in [0.15, 0.2) is 44.9 Å². The number of anilines is 1. The number of thioether (sulfide) groups is 1. The molecule has 4 fully saturated rings. The Morgan fingerprint density at radius 2 is 1.81 bits per heavy atom. The number of phenolic OH excluding ortho intramolecular Hbond substituents is 2. The number of ether oxygens (including phenoxy) is 1. The fraction of sp³-hybridized carbons (Fsp3) is 0.459. The highest BCUT2D eigenvalue weighted by Gasteiger charge is 2.58. The van der Waals surface area contributed by atoms with Crippen LogP contribution in [0.25, 0.3) is 10.9 Å². The molecular formula is C37H43N8O11S2+. The van der Waals surface area contributed by atoms with E-state index >= 15 is 0 Å². The molecule has 19 nitrogen and oxygen atoms in total. The first-order valence-electron chi connectivity index (χ1n) is 18.4. The molecule has 58 heavy (non-hydrogen) atoms. The van der Waals surface area contributed by atoms with Crippen LogP contribution in [0.5, 0.6) is 11.5 Å². The van der Waals surface area contributed by atoms with Crippen molar-refractivity contribution >= 4 is 74.5 Å². The monoisotopic (exact) mass is 839 g/mol. The molecule has 0 spiro atoms. The molecule has 5 aliphatic heterocycles. The van der Waals surface area contributed by atoms with Gasteiger partial charge >= 0.3 is 11.9 Å². The van der Waals surface area contributed by atoms with Gasteiger partial charge in [0.2, 0.25) is 11.0 Å². The van der Waals surface area contributed by atoms with Gasteiger partial charge < -0.3 is 50.7 Å². The molecule has 0 radical (unpaired) electrons. The van der Waals surface area contributed by atoms with E-state index in [9.17, 15) is 44.1 Å². The summed E-state index contributed by atoms with van der Waals surface area (Å²) < 4.78 is 5.36. The van der Waals surface area contributed by atoms with Crippen molar-refractivity contribution in [3.05, 3.63) is 56.5 Å². The maximum atomic E-state index is 13.7. The molecule has 4 saturated heterocycles. The highest BCUT2D eigenvalue weighted by Crippen LogP contribution is 2.48. The number of carboxylic acids is 1. The Balaban J connectivity index is 1.02. The predicted octanol–water partition coefficient (Wildman–Crippen LogP) is 1.21. The Hall–Kier alpha value is -5.67. The van der Waals surface area contributed by atoms with Crippen molar-refractivity contribution in [2.45, 2.75) is 62.3 Å². The van der Waals surface area contributed by atoms with E-state index in [1.54, 1.807) is 0 Å². The second-order valence-corrected chi connectivity index (χ2v) is 18.0. The fourth-order valence-electron chi connectivity index (χ4n) is 8.08. The number of quaternary nitrogens is 1. The molecule has 8 rings (SSSR count). The van der Waals surface area contributed by atoms with E-state index in [1.165, 1.54) is 55.3 Å². The number of pyridine rings is 1. The van der Waals surface area contributed by atoms with Crippen LogP contribution in [-0.2, 0) is 28.8 Å². The predicted molar refractivity (Wildman–Crippen MR) is 211 cm³/mol. The van der Waals surface area contributed by atoms with Gasteiger partial charge in [-0.05, 0) is 26.8 Å². The SMILES string of the molecule is COC(=O)C(C)(C)ON=C(C(=O)NC1C(=O)N2C(C(=O)O)=C(C[N+]34CCC(CNC(=O)c5c[nH]c6cc(O)c(O)cc6c5=O)(CC3)CC4)C(C)SC12)c1csc(N)n1. The van der Waals surface area contributed by atoms with Gasteiger partial charge in [-0.2, -0.15) is 0 Å². The number of phenols is 2. The van der Waals surface area contributed by atoms with Gasteiger partial charge in [-0.3, -0.25) is 24.1 Å². The zero-order chi connectivity index (χ0) is 41.9. The number of fused-ring (bicyclic) bond motifs is 5. The van der Waals surface area contributed by atoms with E-state index in [2.05, 4.69) is 25.8 Å². The van der Waals surface area contributed by atoms with Gasteiger partial charge in [-0.1, -0.05) is 5.16 Å². The standard InChI is InChI=1S/C37H42N8O11S2/c1-17-20(14-45-8-5-37(6-9-45,7-10-45)16-40-29(49)19-13-39-21-12-24(47)23(46)11-18(21)28(19)48)27(33(52)53)44-31(51)26(32(44)58-17)42-30(50)25(22-15-57-35(38)41-22)43-56-36(2,3)34(54)55-4/h11-13,15,17,26,32H,5-10,14,16H2,1-4H3,(H7-,38,39,40,41,42,43,46,47,48,49,50,52,53)/p+1. The van der Waals surface area contributed by atoms with Gasteiger partial charge in [0, 0.05) is 59.7 Å². The third-order valence-electron chi connectivity index (χ3n) is 11.6. The van der Waals surface area contributed by atoms with Gasteiger partial charge in [0.15, 0.2) is 22.3 Å². The number of benzene rings is 1. The summed E-state index contributed by atoms with van der Waals surface area (Å²) in [5.74, 6) is -4.85. The lowest BCUT2D eigenvalue weighted by Crippen LogP contribution is -2.72. The number of aromatic amines is 1. The van der Waals surface area contributed by atoms with Gasteiger partial charge in [-0.25, -0.2) is 14.6 Å². The van der Waals surface area contributed by atoms with Crippen LogP contribution in [0.1, 0.15) is 56.1 Å². The van der Waals surface area contributed by atoms with E-state index in [1.807, 2.05) is 6.92 Å². The van der Waals surface area contributed by atoms with Crippen molar-refractivity contribution in [2.24, 2.45) is 10.6 Å². The zero-order valence-electron chi connectivity index (χ0n) is 32.0. The van der Waals surface area contributed by atoms with Crippen molar-refractivity contribution < 1.29 is 53.3 Å². The average molecular weight is 840 g/mol. The molecule has 3 amide bonds. The van der Waals surface area contributed by atoms with Crippen LogP contribution in [0.3, 0.4) is 0 Å². The highest BCUT2D eigenvalue weighted by atomic mass is 32.2. The first-order valence-corrected chi connectivity index (χ1v) is 20.2. The summed E-state index contributed by atoms with van der Waals surface area (Å²) in [7, 11) is 1.18. The van der Waals surface area contributed by atoms with E-state index in [-0.39, 0.29) is 49.4 Å². The molecule has 1 aromatic carbocycles. The van der Waals surface area contributed by atoms with E-state index in [4.69, 9.17) is 15.3 Å². The number of aromatic nitrogens is 2. The maximum Gasteiger partial charge on any atom is 0.352 e. The Bertz CT molecular complexity index is 2350. The van der Waals surface area contributed by atoms with Crippen LogP contribution >= 0.6 is 23.1 Å². The number of nitrogens with two attached hydrogens (primary N) is 1. The van der Waals surface area contributed by atoms with Crippen LogP contribution in [0.4, 0.5) is 5.13 Å². The van der Waals surface area contributed by atoms with Crippen LogP contribution in [0, 0.1) is 5.41 Å². The number of H-pyrrole nitrogens is 1. The lowest BCUT2D eigenvalue weighted by atomic mass is 9.70. The number of amides is 3. The van der Waals surface area contributed by atoms with Crippen molar-refractivity contribution in [1.82, 2.24) is 25.5 Å². The Morgan fingerprint density at radius 1 is 1.14 bits per heavy atom. The zero-order valence-corrected chi connectivity index (χ0v) is 33.6. The van der Waals surface area contributed by atoms with Crippen molar-refractivity contribution in [3.63, 3.8) is 0 Å².